The first-order valence-electron chi connectivity index (χ1n) is 6.38. The second-order valence-corrected chi connectivity index (χ2v) is 5.08. The van der Waals surface area contributed by atoms with Crippen LogP contribution in [0, 0.1) is 11.3 Å². The molecule has 0 bridgehead atoms. The fraction of sp³-hybridized carbons (Fsp3) is 0.923. The Kier molecular flexibility index (Phi) is 4.78. The van der Waals surface area contributed by atoms with Gasteiger partial charge in [0, 0.05) is 18.4 Å². The van der Waals surface area contributed by atoms with Gasteiger partial charge in [-0.15, -0.1) is 0 Å². The Hall–Kier alpha value is -0.370. The smallest absolute Gasteiger partial charge is 0.140 e. The van der Waals surface area contributed by atoms with E-state index in [2.05, 4.69) is 26.1 Å². The second-order valence-electron chi connectivity index (χ2n) is 5.08. The monoisotopic (exact) mass is 211 g/mol. The molecule has 0 aromatic rings. The average molecular weight is 211 g/mol. The van der Waals surface area contributed by atoms with E-state index in [0.29, 0.717) is 11.7 Å². The molecule has 1 rings (SSSR count). The summed E-state index contributed by atoms with van der Waals surface area (Å²) >= 11 is 0. The Labute approximate surface area is 93.8 Å². The Morgan fingerprint density at radius 1 is 1.47 bits per heavy atom. The van der Waals surface area contributed by atoms with Gasteiger partial charge in [0.1, 0.15) is 5.78 Å². The highest BCUT2D eigenvalue weighted by atomic mass is 16.1. The van der Waals surface area contributed by atoms with Gasteiger partial charge in [-0.1, -0.05) is 33.6 Å². The molecule has 2 nitrogen and oxygen atoms in total. The first kappa shape index (κ1) is 12.7. The molecule has 1 N–H and O–H groups in total. The lowest BCUT2D eigenvalue weighted by Crippen LogP contribution is -2.33. The molecule has 1 saturated heterocycles. The summed E-state index contributed by atoms with van der Waals surface area (Å²) in [6.07, 6.45) is 5.19. The molecule has 0 aliphatic carbocycles. The zero-order valence-electron chi connectivity index (χ0n) is 10.4. The van der Waals surface area contributed by atoms with Gasteiger partial charge in [-0.05, 0) is 25.3 Å². The maximum absolute atomic E-state index is 12.2. The van der Waals surface area contributed by atoms with E-state index in [1.165, 1.54) is 12.8 Å². The lowest BCUT2D eigenvalue weighted by molar-refractivity contribution is -0.128. The maximum atomic E-state index is 12.2. The van der Waals surface area contributed by atoms with Gasteiger partial charge in [0.2, 0.25) is 0 Å². The van der Waals surface area contributed by atoms with Crippen LogP contribution < -0.4 is 5.32 Å². The van der Waals surface area contributed by atoms with E-state index >= 15 is 0 Å². The predicted molar refractivity (Wildman–Crippen MR) is 63.9 cm³/mol. The lowest BCUT2D eigenvalue weighted by atomic mass is 9.76. The zero-order valence-corrected chi connectivity index (χ0v) is 10.4. The molecule has 1 heterocycles. The summed E-state index contributed by atoms with van der Waals surface area (Å²) < 4.78 is 0. The molecule has 1 aliphatic rings. The summed E-state index contributed by atoms with van der Waals surface area (Å²) in [5.41, 5.74) is -0.0258. The van der Waals surface area contributed by atoms with Crippen molar-refractivity contribution in [2.24, 2.45) is 11.3 Å². The van der Waals surface area contributed by atoms with E-state index in [0.717, 1.165) is 32.4 Å². The van der Waals surface area contributed by atoms with Crippen LogP contribution in [-0.2, 0) is 4.79 Å². The molecule has 0 radical (unpaired) electrons. The second kappa shape index (κ2) is 5.64. The van der Waals surface area contributed by atoms with Crippen LogP contribution in [0.5, 0.6) is 0 Å². The fourth-order valence-corrected chi connectivity index (χ4v) is 2.61. The Morgan fingerprint density at radius 3 is 2.67 bits per heavy atom. The zero-order chi connectivity index (χ0) is 11.3. The molecule has 2 atom stereocenters. The summed E-state index contributed by atoms with van der Waals surface area (Å²) in [4.78, 5) is 12.2. The molecule has 0 saturated carbocycles. The molecular formula is C13H25NO. The summed E-state index contributed by atoms with van der Waals surface area (Å²) in [5.74, 6) is 1.06. The maximum Gasteiger partial charge on any atom is 0.140 e. The van der Waals surface area contributed by atoms with Crippen molar-refractivity contribution in [2.75, 3.05) is 13.1 Å². The van der Waals surface area contributed by atoms with E-state index in [1.807, 2.05) is 0 Å². The van der Waals surface area contributed by atoms with Crippen LogP contribution in [0.15, 0.2) is 0 Å². The summed E-state index contributed by atoms with van der Waals surface area (Å²) in [6.45, 7) is 8.46. The minimum Gasteiger partial charge on any atom is -0.316 e. The van der Waals surface area contributed by atoms with Crippen LogP contribution in [0.1, 0.15) is 52.9 Å². The molecule has 0 amide bonds. The van der Waals surface area contributed by atoms with E-state index < -0.39 is 0 Å². The van der Waals surface area contributed by atoms with Crippen LogP contribution in [0.2, 0.25) is 0 Å². The highest BCUT2D eigenvalue weighted by Crippen LogP contribution is 2.33. The SMILES string of the molecule is CCCC(C)CC(=O)C1(CC)CCNC1. The van der Waals surface area contributed by atoms with Crippen molar-refractivity contribution >= 4 is 5.78 Å². The van der Waals surface area contributed by atoms with Gasteiger partial charge in [-0.25, -0.2) is 0 Å². The largest absolute Gasteiger partial charge is 0.316 e. The summed E-state index contributed by atoms with van der Waals surface area (Å²) in [5, 5.41) is 3.33. The third kappa shape index (κ3) is 3.04. The van der Waals surface area contributed by atoms with Crippen molar-refractivity contribution < 1.29 is 4.79 Å². The summed E-state index contributed by atoms with van der Waals surface area (Å²) in [7, 11) is 0. The van der Waals surface area contributed by atoms with Gasteiger partial charge in [-0.2, -0.15) is 0 Å². The average Bonchev–Trinajstić information content (AvgIpc) is 2.67. The van der Waals surface area contributed by atoms with Crippen molar-refractivity contribution in [3.05, 3.63) is 0 Å². The van der Waals surface area contributed by atoms with Gasteiger partial charge >= 0.3 is 0 Å². The van der Waals surface area contributed by atoms with Gasteiger partial charge in [0.25, 0.3) is 0 Å². The van der Waals surface area contributed by atoms with Crippen LogP contribution in [0.25, 0.3) is 0 Å². The highest BCUT2D eigenvalue weighted by Gasteiger charge is 2.38. The van der Waals surface area contributed by atoms with Crippen LogP contribution in [0.3, 0.4) is 0 Å². The predicted octanol–water partition coefficient (Wildman–Crippen LogP) is 2.77. The quantitative estimate of drug-likeness (QED) is 0.732. The van der Waals surface area contributed by atoms with Crippen molar-refractivity contribution in [2.45, 2.75) is 52.9 Å². The number of hydrogen-bond donors (Lipinski definition) is 1. The van der Waals surface area contributed by atoms with E-state index in [1.54, 1.807) is 0 Å². The number of carbonyl (C=O) groups is 1. The lowest BCUT2D eigenvalue weighted by Gasteiger charge is -2.26. The Balaban J connectivity index is 2.50. The van der Waals surface area contributed by atoms with Gasteiger partial charge in [0.15, 0.2) is 0 Å². The molecule has 15 heavy (non-hydrogen) atoms. The molecule has 0 aromatic heterocycles. The van der Waals surface area contributed by atoms with Crippen molar-refractivity contribution in [1.29, 1.82) is 0 Å². The molecule has 1 aliphatic heterocycles. The number of ketones is 1. The molecular weight excluding hydrogens is 186 g/mol. The van der Waals surface area contributed by atoms with Crippen LogP contribution in [-0.4, -0.2) is 18.9 Å². The minimum atomic E-state index is -0.0258. The van der Waals surface area contributed by atoms with Crippen molar-refractivity contribution in [1.82, 2.24) is 5.32 Å². The molecule has 2 heteroatoms. The third-order valence-electron chi connectivity index (χ3n) is 3.83. The van der Waals surface area contributed by atoms with E-state index in [9.17, 15) is 4.79 Å². The molecule has 2 unspecified atom stereocenters. The number of hydrogen-bond acceptors (Lipinski definition) is 2. The standard InChI is InChI=1S/C13H25NO/c1-4-6-11(3)9-12(15)13(5-2)7-8-14-10-13/h11,14H,4-10H2,1-3H3. The number of carbonyl (C=O) groups excluding carboxylic acids is 1. The molecule has 88 valence electrons. The van der Waals surface area contributed by atoms with Crippen LogP contribution >= 0.6 is 0 Å². The molecule has 1 fully saturated rings. The third-order valence-corrected chi connectivity index (χ3v) is 3.83. The number of Topliss-reactive ketones (excluding diaryl/α,β-unsaturated/α-hetero) is 1. The van der Waals surface area contributed by atoms with E-state index in [-0.39, 0.29) is 5.41 Å². The number of nitrogens with one attached hydrogen (secondary N) is 1. The molecule has 0 aromatic carbocycles. The fourth-order valence-electron chi connectivity index (χ4n) is 2.61. The van der Waals surface area contributed by atoms with Gasteiger partial charge in [-0.3, -0.25) is 4.79 Å². The number of rotatable bonds is 6. The van der Waals surface area contributed by atoms with Gasteiger partial charge in [0.05, 0.1) is 0 Å². The van der Waals surface area contributed by atoms with Crippen LogP contribution in [0.4, 0.5) is 0 Å². The van der Waals surface area contributed by atoms with Crippen molar-refractivity contribution in [3.8, 4) is 0 Å². The van der Waals surface area contributed by atoms with Gasteiger partial charge < -0.3 is 5.32 Å². The molecule has 0 spiro atoms. The van der Waals surface area contributed by atoms with Crippen molar-refractivity contribution in [3.63, 3.8) is 0 Å². The minimum absolute atomic E-state index is 0.0258. The first-order valence-corrected chi connectivity index (χ1v) is 6.38. The first-order chi connectivity index (χ1) is 7.14. The Morgan fingerprint density at radius 2 is 2.20 bits per heavy atom. The van der Waals surface area contributed by atoms with E-state index in [4.69, 9.17) is 0 Å². The normalized spacial score (nSPS) is 27.9. The summed E-state index contributed by atoms with van der Waals surface area (Å²) in [6, 6.07) is 0. The highest BCUT2D eigenvalue weighted by molar-refractivity contribution is 5.85. The Bertz CT molecular complexity index is 207. The topological polar surface area (TPSA) is 29.1 Å².